The summed E-state index contributed by atoms with van der Waals surface area (Å²) in [4.78, 5) is 15.9. The van der Waals surface area contributed by atoms with Gasteiger partial charge in [-0.25, -0.2) is 0 Å². The number of hydrogen-bond donors (Lipinski definition) is 1. The van der Waals surface area contributed by atoms with E-state index < -0.39 is 0 Å². The van der Waals surface area contributed by atoms with Gasteiger partial charge in [0.2, 0.25) is 0 Å². The molecule has 0 radical (unpaired) electrons. The molecular weight excluding hydrogens is 388 g/mol. The van der Waals surface area contributed by atoms with Crippen molar-refractivity contribution in [3.05, 3.63) is 93.0 Å². The lowest BCUT2D eigenvalue weighted by Crippen LogP contribution is -3.13. The van der Waals surface area contributed by atoms with E-state index in [4.69, 9.17) is 0 Å². The highest BCUT2D eigenvalue weighted by Crippen LogP contribution is 2.37. The summed E-state index contributed by atoms with van der Waals surface area (Å²) in [5, 5.41) is 4.68. The van der Waals surface area contributed by atoms with E-state index in [9.17, 15) is 4.79 Å². The second-order valence-electron chi connectivity index (χ2n) is 8.86. The van der Waals surface area contributed by atoms with Crippen LogP contribution in [-0.4, -0.2) is 17.7 Å². The number of thiophene rings is 1. The zero-order chi connectivity index (χ0) is 20.1. The van der Waals surface area contributed by atoms with Crippen molar-refractivity contribution in [3.8, 4) is 11.1 Å². The van der Waals surface area contributed by atoms with Gasteiger partial charge in [-0.3, -0.25) is 4.79 Å². The smallest absolute Gasteiger partial charge is 0.250 e. The third-order valence-corrected chi connectivity index (χ3v) is 7.72. The monoisotopic (exact) mass is 413 g/mol. The third-order valence-electron chi connectivity index (χ3n) is 6.85. The molecule has 150 valence electrons. The number of fused-ring (bicyclic) bond motifs is 5. The molecule has 1 fully saturated rings. The number of quaternary nitrogens is 1. The molecule has 4 heteroatoms. The summed E-state index contributed by atoms with van der Waals surface area (Å²) in [5.41, 5.74) is 3.88. The molecule has 4 aromatic rings. The van der Waals surface area contributed by atoms with Crippen molar-refractivity contribution in [2.24, 2.45) is 5.92 Å². The number of nitrogens with zero attached hydrogens (tertiary/aromatic N) is 1. The van der Waals surface area contributed by atoms with Gasteiger partial charge in [-0.2, -0.15) is 0 Å². The normalized spacial score (nSPS) is 22.7. The van der Waals surface area contributed by atoms with Gasteiger partial charge < -0.3 is 9.47 Å². The quantitative estimate of drug-likeness (QED) is 0.541. The van der Waals surface area contributed by atoms with Gasteiger partial charge in [0.1, 0.15) is 6.54 Å². The zero-order valence-electron chi connectivity index (χ0n) is 16.9. The Morgan fingerprint density at radius 3 is 2.73 bits per heavy atom. The highest BCUT2D eigenvalue weighted by atomic mass is 32.1. The van der Waals surface area contributed by atoms with Gasteiger partial charge in [0, 0.05) is 35.7 Å². The Morgan fingerprint density at radius 1 is 0.967 bits per heavy atom. The second-order valence-corrected chi connectivity index (χ2v) is 9.89. The van der Waals surface area contributed by atoms with Gasteiger partial charge in [-0.15, -0.1) is 11.3 Å². The van der Waals surface area contributed by atoms with E-state index in [-0.39, 0.29) is 5.56 Å². The molecule has 6 rings (SSSR count). The summed E-state index contributed by atoms with van der Waals surface area (Å²) < 4.78 is 2.09. The first kappa shape index (κ1) is 18.1. The first-order valence-electron chi connectivity index (χ1n) is 10.8. The average Bonchev–Trinajstić information content (AvgIpc) is 3.27. The Bertz CT molecular complexity index is 1270. The molecule has 0 aliphatic carbocycles. The molecular formula is C26H25N2OS+. The molecule has 2 aliphatic rings. The fourth-order valence-corrected chi connectivity index (χ4v) is 6.42. The first-order chi connectivity index (χ1) is 14.7. The Kier molecular flexibility index (Phi) is 4.36. The van der Waals surface area contributed by atoms with Crippen LogP contribution >= 0.6 is 11.3 Å². The number of nitrogens with one attached hydrogen (secondary N) is 1. The van der Waals surface area contributed by atoms with Crippen molar-refractivity contribution >= 4 is 22.1 Å². The number of piperidine rings is 1. The minimum Gasteiger partial charge on any atom is -0.330 e. The van der Waals surface area contributed by atoms with Gasteiger partial charge in [0.25, 0.3) is 5.56 Å². The third kappa shape index (κ3) is 3.11. The average molecular weight is 414 g/mol. The molecule has 1 N–H and O–H groups in total. The number of likely N-dealkylation sites (tertiary alicyclic amines) is 1. The van der Waals surface area contributed by atoms with Crippen LogP contribution in [0.3, 0.4) is 0 Å². The second kappa shape index (κ2) is 7.22. The summed E-state index contributed by atoms with van der Waals surface area (Å²) in [6, 6.07) is 23.4. The maximum Gasteiger partial charge on any atom is 0.250 e. The minimum atomic E-state index is 0.158. The summed E-state index contributed by atoms with van der Waals surface area (Å²) >= 11 is 1.86. The molecule has 2 bridgehead atoms. The maximum atomic E-state index is 12.8. The molecule has 2 aliphatic heterocycles. The highest BCUT2D eigenvalue weighted by Gasteiger charge is 2.38. The Labute approximate surface area is 180 Å². The van der Waals surface area contributed by atoms with Crippen LogP contribution in [0.5, 0.6) is 0 Å². The molecule has 4 heterocycles. The number of pyridine rings is 1. The van der Waals surface area contributed by atoms with E-state index in [1.165, 1.54) is 45.4 Å². The maximum absolute atomic E-state index is 12.8. The predicted molar refractivity (Wildman–Crippen MR) is 123 cm³/mol. The van der Waals surface area contributed by atoms with E-state index in [0.29, 0.717) is 11.8 Å². The van der Waals surface area contributed by atoms with Crippen LogP contribution < -0.4 is 10.5 Å². The largest absolute Gasteiger partial charge is 0.330 e. The Morgan fingerprint density at radius 2 is 1.87 bits per heavy atom. The summed E-state index contributed by atoms with van der Waals surface area (Å²) in [6.07, 6.45) is 1.21. The van der Waals surface area contributed by atoms with Gasteiger partial charge in [-0.1, -0.05) is 42.5 Å². The van der Waals surface area contributed by atoms with Crippen molar-refractivity contribution in [2.75, 3.05) is 13.1 Å². The fourth-order valence-electron chi connectivity index (χ4n) is 5.64. The molecule has 3 nitrogen and oxygen atoms in total. The molecule has 0 spiro atoms. The van der Waals surface area contributed by atoms with Gasteiger partial charge in [-0.05, 0) is 46.3 Å². The van der Waals surface area contributed by atoms with Crippen molar-refractivity contribution < 1.29 is 4.90 Å². The Hall–Kier alpha value is -2.69. The van der Waals surface area contributed by atoms with Crippen LogP contribution in [0.15, 0.2) is 76.9 Å². The van der Waals surface area contributed by atoms with Crippen molar-refractivity contribution in [3.63, 3.8) is 0 Å². The molecule has 30 heavy (non-hydrogen) atoms. The zero-order valence-corrected chi connectivity index (χ0v) is 17.7. The topological polar surface area (TPSA) is 26.4 Å². The van der Waals surface area contributed by atoms with Crippen LogP contribution in [0.2, 0.25) is 0 Å². The van der Waals surface area contributed by atoms with Crippen molar-refractivity contribution in [1.29, 1.82) is 0 Å². The molecule has 0 saturated carbocycles. The summed E-state index contributed by atoms with van der Waals surface area (Å²) in [5.74, 6) is 1.04. The number of rotatable bonds is 3. The summed E-state index contributed by atoms with van der Waals surface area (Å²) in [6.45, 7) is 4.24. The summed E-state index contributed by atoms with van der Waals surface area (Å²) in [7, 11) is 0. The van der Waals surface area contributed by atoms with Crippen LogP contribution in [0.25, 0.3) is 21.9 Å². The molecule has 0 amide bonds. The van der Waals surface area contributed by atoms with E-state index in [1.807, 2.05) is 11.3 Å². The lowest BCUT2D eigenvalue weighted by molar-refractivity contribution is -0.924. The lowest BCUT2D eigenvalue weighted by atomic mass is 9.80. The fraction of sp³-hybridized carbons (Fsp3) is 0.269. The van der Waals surface area contributed by atoms with E-state index in [2.05, 4.69) is 70.6 Å². The number of hydrogen-bond acceptors (Lipinski definition) is 2. The standard InChI is InChI=1S/C26H24N2OS/c29-25-10-9-24(21-8-7-19-4-1-2-5-20(19)13-21)26-22-12-18(15-28(25)26)14-27(16-22)17-23-6-3-11-30-23/h1-11,13,18,22H,12,14-17H2/p+1/t18-,22+/m0/s1. The van der Waals surface area contributed by atoms with Crippen LogP contribution in [0.1, 0.15) is 22.9 Å². The number of aromatic nitrogens is 1. The molecule has 2 aromatic carbocycles. The van der Waals surface area contributed by atoms with E-state index in [1.54, 1.807) is 11.0 Å². The van der Waals surface area contributed by atoms with Crippen LogP contribution in [-0.2, 0) is 13.1 Å². The van der Waals surface area contributed by atoms with Crippen LogP contribution in [0, 0.1) is 5.92 Å². The molecule has 1 unspecified atom stereocenters. The van der Waals surface area contributed by atoms with Gasteiger partial charge >= 0.3 is 0 Å². The number of benzene rings is 2. The predicted octanol–water partition coefficient (Wildman–Crippen LogP) is 3.93. The van der Waals surface area contributed by atoms with Crippen molar-refractivity contribution in [1.82, 2.24) is 4.57 Å². The highest BCUT2D eigenvalue weighted by molar-refractivity contribution is 7.09. The SMILES string of the molecule is O=c1ccc(-c2ccc3ccccc3c2)c2n1C[C@H]1C[C@@H]2C[NH+](Cc2cccs2)C1. The van der Waals surface area contributed by atoms with E-state index >= 15 is 0 Å². The van der Waals surface area contributed by atoms with Crippen molar-refractivity contribution in [2.45, 2.75) is 25.4 Å². The van der Waals surface area contributed by atoms with Gasteiger partial charge in [0.15, 0.2) is 0 Å². The van der Waals surface area contributed by atoms with Gasteiger partial charge in [0.05, 0.1) is 18.0 Å². The minimum absolute atomic E-state index is 0.158. The first-order valence-corrected chi connectivity index (χ1v) is 11.7. The molecule has 3 atom stereocenters. The molecule has 2 aromatic heterocycles. The van der Waals surface area contributed by atoms with Crippen LogP contribution in [0.4, 0.5) is 0 Å². The Balaban J connectivity index is 1.42. The lowest BCUT2D eigenvalue weighted by Gasteiger charge is -2.41. The molecule has 1 saturated heterocycles. The van der Waals surface area contributed by atoms with E-state index in [0.717, 1.165) is 19.6 Å².